The summed E-state index contributed by atoms with van der Waals surface area (Å²) in [6, 6.07) is 11.0. The number of amides is 1. The molecule has 2 aromatic rings. The van der Waals surface area contributed by atoms with E-state index in [1.165, 1.54) is 37.1 Å². The number of nitrogens with zero attached hydrogens (tertiary/aromatic N) is 3. The third-order valence-electron chi connectivity index (χ3n) is 6.21. The number of hydrogen-bond donors (Lipinski definition) is 1. The van der Waals surface area contributed by atoms with Gasteiger partial charge in [0.2, 0.25) is 0 Å². The second-order valence-electron chi connectivity index (χ2n) is 8.03. The molecule has 2 unspecified atom stereocenters. The molecule has 0 saturated carbocycles. The molecule has 0 spiro atoms. The molecule has 1 amide bonds. The third-order valence-corrected chi connectivity index (χ3v) is 6.21. The number of carbonyl (C=O) groups is 1. The van der Waals surface area contributed by atoms with E-state index in [0.717, 1.165) is 36.6 Å². The van der Waals surface area contributed by atoms with Gasteiger partial charge in [-0.2, -0.15) is 0 Å². The minimum atomic E-state index is -0.322. The second-order valence-corrected chi connectivity index (χ2v) is 8.03. The van der Waals surface area contributed by atoms with Crippen molar-refractivity contribution in [2.24, 2.45) is 0 Å². The second kappa shape index (κ2) is 7.63. The number of rotatable bonds is 4. The van der Waals surface area contributed by atoms with Crippen molar-refractivity contribution in [3.05, 3.63) is 53.5 Å². The highest BCUT2D eigenvalue weighted by molar-refractivity contribution is 5.78. The molecule has 3 aliphatic heterocycles. The number of piperazine rings is 1. The standard InChI is InChI=1S/C22H25FN4O2/c23-16-2-6-19(7-3-16)29-14-22(28)26-10-9-20-15(13-26)1-8-21(25-20)27-17-4-5-18(27)12-24-11-17/h1-3,6-8,17-18,24H,4-5,9-14H2. The molecule has 1 aromatic heterocycles. The zero-order valence-electron chi connectivity index (χ0n) is 16.3. The maximum atomic E-state index is 13.0. The van der Waals surface area contributed by atoms with Gasteiger partial charge in [0.15, 0.2) is 6.61 Å². The number of carbonyl (C=O) groups excluding carboxylic acids is 1. The quantitative estimate of drug-likeness (QED) is 0.858. The van der Waals surface area contributed by atoms with Crippen LogP contribution in [0.15, 0.2) is 36.4 Å². The number of nitrogens with one attached hydrogen (secondary N) is 1. The Kier molecular flexibility index (Phi) is 4.83. The van der Waals surface area contributed by atoms with Gasteiger partial charge in [-0.1, -0.05) is 6.07 Å². The average Bonchev–Trinajstić information content (AvgIpc) is 3.00. The first-order valence-corrected chi connectivity index (χ1v) is 10.3. The average molecular weight is 396 g/mol. The van der Waals surface area contributed by atoms with Gasteiger partial charge in [0.1, 0.15) is 17.4 Å². The van der Waals surface area contributed by atoms with Crippen molar-refractivity contribution in [1.29, 1.82) is 0 Å². The summed E-state index contributed by atoms with van der Waals surface area (Å²) in [7, 11) is 0. The van der Waals surface area contributed by atoms with E-state index in [1.54, 1.807) is 0 Å². The number of pyridine rings is 1. The largest absolute Gasteiger partial charge is 0.484 e. The molecule has 3 aliphatic rings. The molecule has 152 valence electrons. The first kappa shape index (κ1) is 18.4. The molecule has 4 heterocycles. The van der Waals surface area contributed by atoms with E-state index in [2.05, 4.69) is 22.3 Å². The first-order chi connectivity index (χ1) is 14.2. The number of aromatic nitrogens is 1. The number of hydrogen-bond acceptors (Lipinski definition) is 5. The van der Waals surface area contributed by atoms with Gasteiger partial charge in [0.25, 0.3) is 5.91 Å². The number of halogens is 1. The summed E-state index contributed by atoms with van der Waals surface area (Å²) in [6.07, 6.45) is 3.21. The van der Waals surface area contributed by atoms with E-state index in [1.807, 2.05) is 4.90 Å². The SMILES string of the molecule is O=C(COc1ccc(F)cc1)N1CCc2nc(N3C4CCC3CNC4)ccc2C1. The van der Waals surface area contributed by atoms with Crippen molar-refractivity contribution in [3.63, 3.8) is 0 Å². The van der Waals surface area contributed by atoms with Crippen molar-refractivity contribution in [2.45, 2.75) is 37.9 Å². The van der Waals surface area contributed by atoms with Gasteiger partial charge >= 0.3 is 0 Å². The zero-order chi connectivity index (χ0) is 19.8. The summed E-state index contributed by atoms with van der Waals surface area (Å²) in [5.74, 6) is 1.19. The topological polar surface area (TPSA) is 57.7 Å². The van der Waals surface area contributed by atoms with Gasteiger partial charge < -0.3 is 19.9 Å². The van der Waals surface area contributed by atoms with Gasteiger partial charge in [-0.3, -0.25) is 4.79 Å². The lowest BCUT2D eigenvalue weighted by Crippen LogP contribution is -2.52. The molecule has 2 fully saturated rings. The summed E-state index contributed by atoms with van der Waals surface area (Å²) < 4.78 is 18.5. The van der Waals surface area contributed by atoms with E-state index >= 15 is 0 Å². The van der Waals surface area contributed by atoms with Crippen LogP contribution in [-0.4, -0.2) is 54.1 Å². The van der Waals surface area contributed by atoms with Crippen molar-refractivity contribution in [3.8, 4) is 5.75 Å². The Labute approximate surface area is 169 Å². The van der Waals surface area contributed by atoms with Gasteiger partial charge in [-0.15, -0.1) is 0 Å². The van der Waals surface area contributed by atoms with Gasteiger partial charge in [0.05, 0.1) is 0 Å². The molecular formula is C22H25FN4O2. The van der Waals surface area contributed by atoms with Crippen LogP contribution in [0.4, 0.5) is 10.2 Å². The molecule has 2 atom stereocenters. The molecule has 1 aromatic carbocycles. The highest BCUT2D eigenvalue weighted by Crippen LogP contribution is 2.32. The smallest absolute Gasteiger partial charge is 0.260 e. The van der Waals surface area contributed by atoms with Gasteiger partial charge in [0, 0.05) is 50.4 Å². The Morgan fingerprint density at radius 1 is 1.14 bits per heavy atom. The van der Waals surface area contributed by atoms with Crippen LogP contribution in [0.2, 0.25) is 0 Å². The Balaban J connectivity index is 1.23. The number of fused-ring (bicyclic) bond motifs is 3. The molecule has 6 nitrogen and oxygen atoms in total. The fourth-order valence-corrected chi connectivity index (χ4v) is 4.68. The number of benzene rings is 1. The van der Waals surface area contributed by atoms with E-state index in [9.17, 15) is 9.18 Å². The Morgan fingerprint density at radius 3 is 2.66 bits per heavy atom. The molecule has 2 bridgehead atoms. The molecule has 7 heteroatoms. The molecule has 0 aliphatic carbocycles. The maximum Gasteiger partial charge on any atom is 0.260 e. The highest BCUT2D eigenvalue weighted by Gasteiger charge is 2.37. The van der Waals surface area contributed by atoms with Crippen LogP contribution in [0.5, 0.6) is 5.75 Å². The monoisotopic (exact) mass is 396 g/mol. The van der Waals surface area contributed by atoms with Crippen LogP contribution in [-0.2, 0) is 17.8 Å². The lowest BCUT2D eigenvalue weighted by atomic mass is 10.1. The van der Waals surface area contributed by atoms with E-state index in [4.69, 9.17) is 9.72 Å². The summed E-state index contributed by atoms with van der Waals surface area (Å²) in [6.45, 7) is 3.22. The highest BCUT2D eigenvalue weighted by atomic mass is 19.1. The van der Waals surface area contributed by atoms with E-state index in [-0.39, 0.29) is 18.3 Å². The van der Waals surface area contributed by atoms with Crippen LogP contribution < -0.4 is 15.0 Å². The summed E-state index contributed by atoms with van der Waals surface area (Å²) >= 11 is 0. The minimum Gasteiger partial charge on any atom is -0.484 e. The Bertz CT molecular complexity index is 888. The Morgan fingerprint density at radius 2 is 1.90 bits per heavy atom. The fourth-order valence-electron chi connectivity index (χ4n) is 4.68. The van der Waals surface area contributed by atoms with Crippen LogP contribution in [0.1, 0.15) is 24.1 Å². The predicted molar refractivity (Wildman–Crippen MR) is 107 cm³/mol. The number of anilines is 1. The fraction of sp³-hybridized carbons (Fsp3) is 0.455. The molecular weight excluding hydrogens is 371 g/mol. The molecule has 0 radical (unpaired) electrons. The van der Waals surface area contributed by atoms with Crippen molar-refractivity contribution >= 4 is 11.7 Å². The summed E-state index contributed by atoms with van der Waals surface area (Å²) in [4.78, 5) is 21.8. The molecule has 1 N–H and O–H groups in total. The van der Waals surface area contributed by atoms with Crippen LogP contribution in [0.25, 0.3) is 0 Å². The predicted octanol–water partition coefficient (Wildman–Crippen LogP) is 2.12. The Hall–Kier alpha value is -2.67. The van der Waals surface area contributed by atoms with E-state index in [0.29, 0.717) is 30.9 Å². The molecule has 2 saturated heterocycles. The maximum absolute atomic E-state index is 13.0. The summed E-state index contributed by atoms with van der Waals surface area (Å²) in [5, 5.41) is 3.51. The third kappa shape index (κ3) is 3.67. The lowest BCUT2D eigenvalue weighted by Gasteiger charge is -2.37. The molecule has 29 heavy (non-hydrogen) atoms. The van der Waals surface area contributed by atoms with Crippen molar-refractivity contribution in [2.75, 3.05) is 31.1 Å². The van der Waals surface area contributed by atoms with Crippen molar-refractivity contribution in [1.82, 2.24) is 15.2 Å². The molecule has 5 rings (SSSR count). The first-order valence-electron chi connectivity index (χ1n) is 10.3. The van der Waals surface area contributed by atoms with Crippen molar-refractivity contribution < 1.29 is 13.9 Å². The van der Waals surface area contributed by atoms with Crippen LogP contribution in [0.3, 0.4) is 0 Å². The lowest BCUT2D eigenvalue weighted by molar-refractivity contribution is -0.134. The van der Waals surface area contributed by atoms with Gasteiger partial charge in [-0.25, -0.2) is 9.37 Å². The zero-order valence-corrected chi connectivity index (χ0v) is 16.3. The number of ether oxygens (including phenoxy) is 1. The van der Waals surface area contributed by atoms with Gasteiger partial charge in [-0.05, 0) is 48.7 Å². The van der Waals surface area contributed by atoms with E-state index < -0.39 is 0 Å². The normalized spacial score (nSPS) is 23.1. The van der Waals surface area contributed by atoms with Crippen LogP contribution >= 0.6 is 0 Å². The summed E-state index contributed by atoms with van der Waals surface area (Å²) in [5.41, 5.74) is 2.21. The van der Waals surface area contributed by atoms with Crippen LogP contribution in [0, 0.1) is 5.82 Å². The minimum absolute atomic E-state index is 0.0450.